The van der Waals surface area contributed by atoms with Crippen molar-refractivity contribution in [1.29, 1.82) is 0 Å². The highest BCUT2D eigenvalue weighted by Crippen LogP contribution is 2.32. The van der Waals surface area contributed by atoms with Gasteiger partial charge in [0.05, 0.1) is 20.3 Å². The van der Waals surface area contributed by atoms with E-state index in [1.54, 1.807) is 25.3 Å². The van der Waals surface area contributed by atoms with E-state index in [9.17, 15) is 9.59 Å². The lowest BCUT2D eigenvalue weighted by Gasteiger charge is -2.32. The van der Waals surface area contributed by atoms with Crippen molar-refractivity contribution in [2.75, 3.05) is 27.4 Å². The Bertz CT molecular complexity index is 883. The maximum atomic E-state index is 12.8. The summed E-state index contributed by atoms with van der Waals surface area (Å²) in [6.45, 7) is 2.37. The molecule has 3 rings (SSSR count). The zero-order valence-electron chi connectivity index (χ0n) is 16.9. The minimum atomic E-state index is -0.831. The van der Waals surface area contributed by atoms with E-state index < -0.39 is 12.1 Å². The van der Waals surface area contributed by atoms with E-state index in [2.05, 4.69) is 10.6 Å². The Balaban J connectivity index is 1.71. The third kappa shape index (κ3) is 4.86. The van der Waals surface area contributed by atoms with Crippen LogP contribution in [0.1, 0.15) is 22.7 Å². The van der Waals surface area contributed by atoms with Crippen LogP contribution in [0.3, 0.4) is 0 Å². The smallest absolute Gasteiger partial charge is 0.251 e. The second-order valence-electron chi connectivity index (χ2n) is 6.86. The van der Waals surface area contributed by atoms with Crippen LogP contribution in [0.2, 0.25) is 0 Å². The molecule has 0 spiro atoms. The Kier molecular flexibility index (Phi) is 6.72. The molecule has 1 fully saturated rings. The highest BCUT2D eigenvalue weighted by molar-refractivity contribution is 5.86. The van der Waals surface area contributed by atoms with Gasteiger partial charge in [0.15, 0.2) is 17.6 Å². The lowest BCUT2D eigenvalue weighted by molar-refractivity contribution is -0.148. The Morgan fingerprint density at radius 3 is 2.66 bits per heavy atom. The molecule has 2 aromatic rings. The third-order valence-corrected chi connectivity index (χ3v) is 4.99. The van der Waals surface area contributed by atoms with Gasteiger partial charge in [0.1, 0.15) is 6.61 Å². The molecule has 0 aromatic heterocycles. The van der Waals surface area contributed by atoms with Gasteiger partial charge in [-0.25, -0.2) is 0 Å². The van der Waals surface area contributed by atoms with E-state index in [-0.39, 0.29) is 18.4 Å². The van der Waals surface area contributed by atoms with Crippen molar-refractivity contribution < 1.29 is 23.8 Å². The first-order valence-electron chi connectivity index (χ1n) is 9.48. The molecule has 2 amide bonds. The highest BCUT2D eigenvalue weighted by Gasteiger charge is 2.36. The molecule has 2 N–H and O–H groups in total. The molecule has 1 saturated heterocycles. The van der Waals surface area contributed by atoms with Gasteiger partial charge in [0, 0.05) is 6.54 Å². The third-order valence-electron chi connectivity index (χ3n) is 4.99. The number of rotatable bonds is 7. The highest BCUT2D eigenvalue weighted by atomic mass is 16.5. The fourth-order valence-corrected chi connectivity index (χ4v) is 3.40. The summed E-state index contributed by atoms with van der Waals surface area (Å²) in [5.41, 5.74) is 3.07. The Morgan fingerprint density at radius 2 is 1.93 bits per heavy atom. The van der Waals surface area contributed by atoms with Crippen molar-refractivity contribution in [1.82, 2.24) is 10.6 Å². The number of benzene rings is 2. The number of hydrogen-bond acceptors (Lipinski definition) is 5. The normalized spacial score (nSPS) is 18.7. The summed E-state index contributed by atoms with van der Waals surface area (Å²) >= 11 is 0. The van der Waals surface area contributed by atoms with Gasteiger partial charge in [-0.1, -0.05) is 30.3 Å². The van der Waals surface area contributed by atoms with Gasteiger partial charge in [-0.3, -0.25) is 9.59 Å². The molecular weight excluding hydrogens is 372 g/mol. The van der Waals surface area contributed by atoms with E-state index in [0.29, 0.717) is 23.6 Å². The van der Waals surface area contributed by atoms with Crippen molar-refractivity contribution in [2.45, 2.75) is 25.5 Å². The lowest BCUT2D eigenvalue weighted by Crippen LogP contribution is -2.52. The second-order valence-corrected chi connectivity index (χ2v) is 6.86. The van der Waals surface area contributed by atoms with E-state index >= 15 is 0 Å². The second kappa shape index (κ2) is 9.43. The van der Waals surface area contributed by atoms with Crippen LogP contribution in [0.25, 0.3) is 0 Å². The molecule has 0 aliphatic carbocycles. The number of ether oxygens (including phenoxy) is 3. The van der Waals surface area contributed by atoms with Crippen LogP contribution in [0.15, 0.2) is 42.5 Å². The number of hydrogen-bond donors (Lipinski definition) is 2. The van der Waals surface area contributed by atoms with Crippen LogP contribution in [0.4, 0.5) is 0 Å². The molecule has 0 saturated carbocycles. The van der Waals surface area contributed by atoms with Gasteiger partial charge < -0.3 is 24.8 Å². The predicted molar refractivity (Wildman–Crippen MR) is 108 cm³/mol. The first kappa shape index (κ1) is 20.7. The summed E-state index contributed by atoms with van der Waals surface area (Å²) in [6, 6.07) is 12.7. The number of aryl methyl sites for hydroxylation is 1. The minimum Gasteiger partial charge on any atom is -0.493 e. The fourth-order valence-electron chi connectivity index (χ4n) is 3.40. The summed E-state index contributed by atoms with van der Waals surface area (Å²) in [5.74, 6) is 0.550. The van der Waals surface area contributed by atoms with Crippen LogP contribution < -0.4 is 20.1 Å². The number of methoxy groups -OCH3 is 2. The van der Waals surface area contributed by atoms with E-state index in [1.807, 2.05) is 31.2 Å². The fraction of sp³-hybridized carbons (Fsp3) is 0.364. The molecule has 2 aromatic carbocycles. The monoisotopic (exact) mass is 398 g/mol. The van der Waals surface area contributed by atoms with Gasteiger partial charge in [-0.05, 0) is 42.2 Å². The van der Waals surface area contributed by atoms with Crippen molar-refractivity contribution in [2.24, 2.45) is 0 Å². The molecule has 0 radical (unpaired) electrons. The average molecular weight is 398 g/mol. The summed E-state index contributed by atoms with van der Waals surface area (Å²) < 4.78 is 16.2. The maximum Gasteiger partial charge on any atom is 0.251 e. The number of carbonyl (C=O) groups excluding carboxylic acids is 2. The van der Waals surface area contributed by atoms with Crippen LogP contribution >= 0.6 is 0 Å². The Labute approximate surface area is 170 Å². The van der Waals surface area contributed by atoms with Crippen LogP contribution in [-0.4, -0.2) is 45.3 Å². The molecule has 0 bridgehead atoms. The largest absolute Gasteiger partial charge is 0.493 e. The maximum absolute atomic E-state index is 12.8. The molecule has 1 aliphatic heterocycles. The van der Waals surface area contributed by atoms with Crippen molar-refractivity contribution in [3.63, 3.8) is 0 Å². The van der Waals surface area contributed by atoms with Crippen LogP contribution in [0, 0.1) is 6.92 Å². The number of amides is 2. The lowest BCUT2D eigenvalue weighted by atomic mass is 9.98. The van der Waals surface area contributed by atoms with E-state index in [4.69, 9.17) is 14.2 Å². The molecule has 7 nitrogen and oxygen atoms in total. The van der Waals surface area contributed by atoms with Gasteiger partial charge >= 0.3 is 0 Å². The average Bonchev–Trinajstić information content (AvgIpc) is 2.74. The molecule has 2 atom stereocenters. The summed E-state index contributed by atoms with van der Waals surface area (Å²) in [7, 11) is 3.08. The van der Waals surface area contributed by atoms with Gasteiger partial charge in [-0.2, -0.15) is 0 Å². The van der Waals surface area contributed by atoms with Crippen molar-refractivity contribution >= 4 is 11.8 Å². The zero-order valence-corrected chi connectivity index (χ0v) is 16.9. The van der Waals surface area contributed by atoms with Gasteiger partial charge in [-0.15, -0.1) is 0 Å². The van der Waals surface area contributed by atoms with Crippen molar-refractivity contribution in [3.8, 4) is 11.5 Å². The molecule has 1 aliphatic rings. The zero-order chi connectivity index (χ0) is 20.8. The van der Waals surface area contributed by atoms with Crippen LogP contribution in [-0.2, 0) is 20.7 Å². The minimum absolute atomic E-state index is 0.153. The summed E-state index contributed by atoms with van der Waals surface area (Å²) in [5, 5.41) is 5.77. The molecule has 1 heterocycles. The van der Waals surface area contributed by atoms with E-state index in [1.165, 1.54) is 18.2 Å². The first-order valence-corrected chi connectivity index (χ1v) is 9.48. The topological polar surface area (TPSA) is 85.9 Å². The summed E-state index contributed by atoms with van der Waals surface area (Å²) in [6.07, 6.45) is -0.110. The molecular formula is C22H26N2O5. The van der Waals surface area contributed by atoms with Gasteiger partial charge in [0.25, 0.3) is 5.91 Å². The Hall–Kier alpha value is -3.06. The summed E-state index contributed by atoms with van der Waals surface area (Å²) in [4.78, 5) is 24.7. The SMILES string of the molecule is COc1ccc([C@H]2NC(=O)CO[C@@H]2C(=O)NCCc2ccccc2C)cc1OC. The number of nitrogens with one attached hydrogen (secondary N) is 2. The van der Waals surface area contributed by atoms with Crippen LogP contribution in [0.5, 0.6) is 11.5 Å². The number of carbonyl (C=O) groups is 2. The molecule has 7 heteroatoms. The quantitative estimate of drug-likeness (QED) is 0.744. The van der Waals surface area contributed by atoms with Gasteiger partial charge in [0.2, 0.25) is 5.91 Å². The molecule has 29 heavy (non-hydrogen) atoms. The Morgan fingerprint density at radius 1 is 1.17 bits per heavy atom. The predicted octanol–water partition coefficient (Wildman–Crippen LogP) is 1.93. The van der Waals surface area contributed by atoms with Crippen molar-refractivity contribution in [3.05, 3.63) is 59.2 Å². The molecule has 154 valence electrons. The molecule has 0 unspecified atom stereocenters. The van der Waals surface area contributed by atoms with E-state index in [0.717, 1.165) is 6.42 Å². The number of morpholine rings is 1. The standard InChI is InChI=1S/C22H26N2O5/c1-14-6-4-5-7-15(14)10-11-23-22(26)21-20(24-19(25)13-29-21)16-8-9-17(27-2)18(12-16)28-3/h4-9,12,20-21H,10-11,13H2,1-3H3,(H,23,26)(H,24,25)/t20-,21+/m1/s1. The first-order chi connectivity index (χ1) is 14.0.